The van der Waals surface area contributed by atoms with Crippen LogP contribution in [0.25, 0.3) is 11.0 Å². The normalized spacial score (nSPS) is 11.1. The number of H-pyrrole nitrogens is 1. The van der Waals surface area contributed by atoms with Crippen LogP contribution in [0.1, 0.15) is 11.6 Å². The first kappa shape index (κ1) is 13.1. The maximum absolute atomic E-state index is 5.99. The van der Waals surface area contributed by atoms with Crippen LogP contribution in [0.15, 0.2) is 24.3 Å². The smallest absolute Gasteiger partial charge is 0.147 e. The largest absolute Gasteiger partial charge is 0.342 e. The Labute approximate surface area is 132 Å². The van der Waals surface area contributed by atoms with E-state index in [1.807, 2.05) is 46.9 Å². The Balaban J connectivity index is 1.96. The van der Waals surface area contributed by atoms with Gasteiger partial charge in [0, 0.05) is 0 Å². The fraction of sp³-hybridized carbons (Fsp3) is 0.0833. The van der Waals surface area contributed by atoms with E-state index in [-0.39, 0.29) is 0 Å². The van der Waals surface area contributed by atoms with Crippen LogP contribution in [0, 0.1) is 3.57 Å². The number of rotatable bonds is 2. The van der Waals surface area contributed by atoms with Crippen LogP contribution >= 0.6 is 45.8 Å². The molecule has 2 aromatic heterocycles. The molecule has 2 heterocycles. The first-order chi connectivity index (χ1) is 9.13. The number of aromatic nitrogens is 4. The van der Waals surface area contributed by atoms with Gasteiger partial charge in [-0.1, -0.05) is 35.3 Å². The van der Waals surface area contributed by atoms with E-state index in [0.717, 1.165) is 16.9 Å². The van der Waals surface area contributed by atoms with Gasteiger partial charge in [-0.3, -0.25) is 0 Å². The third-order valence-corrected chi connectivity index (χ3v) is 4.79. The molecule has 0 bridgehead atoms. The van der Waals surface area contributed by atoms with E-state index in [9.17, 15) is 0 Å². The number of hydrogen-bond donors (Lipinski definition) is 1. The van der Waals surface area contributed by atoms with Crippen molar-refractivity contribution in [2.45, 2.75) is 6.42 Å². The van der Waals surface area contributed by atoms with Gasteiger partial charge in [-0.25, -0.2) is 15.0 Å². The molecule has 7 heteroatoms. The summed E-state index contributed by atoms with van der Waals surface area (Å²) in [5.41, 5.74) is 1.90. The van der Waals surface area contributed by atoms with Crippen LogP contribution < -0.4 is 0 Å². The van der Waals surface area contributed by atoms with Crippen molar-refractivity contribution >= 4 is 56.8 Å². The third kappa shape index (κ3) is 2.68. The van der Waals surface area contributed by atoms with Crippen molar-refractivity contribution in [3.63, 3.8) is 0 Å². The van der Waals surface area contributed by atoms with E-state index in [2.05, 4.69) is 19.9 Å². The molecule has 19 heavy (non-hydrogen) atoms. The van der Waals surface area contributed by atoms with Crippen molar-refractivity contribution in [3.8, 4) is 0 Å². The zero-order chi connectivity index (χ0) is 13.4. The lowest BCUT2D eigenvalue weighted by Gasteiger charge is -2.01. The number of nitrogens with one attached hydrogen (secondary N) is 1. The monoisotopic (exact) mass is 404 g/mol. The van der Waals surface area contributed by atoms with Crippen molar-refractivity contribution in [2.24, 2.45) is 0 Å². The lowest BCUT2D eigenvalue weighted by Crippen LogP contribution is -2.00. The molecule has 0 amide bonds. The number of hydrogen-bond acceptors (Lipinski definition) is 3. The standard InChI is InChI=1S/C12H7Cl2IN4/c13-11-10(15)12(14)19-9(18-11)5-8-16-6-3-1-2-4-7(6)17-8/h1-4H,5H2,(H,16,17). The summed E-state index contributed by atoms with van der Waals surface area (Å²) in [7, 11) is 0. The molecule has 1 aromatic carbocycles. The van der Waals surface area contributed by atoms with E-state index < -0.39 is 0 Å². The number of benzene rings is 1. The molecule has 0 aliphatic rings. The summed E-state index contributed by atoms with van der Waals surface area (Å²) in [5.74, 6) is 1.34. The lowest BCUT2D eigenvalue weighted by molar-refractivity contribution is 0.913. The zero-order valence-corrected chi connectivity index (χ0v) is 13.2. The minimum atomic E-state index is 0.367. The Morgan fingerprint density at radius 2 is 1.74 bits per heavy atom. The van der Waals surface area contributed by atoms with Crippen LogP contribution in [0.4, 0.5) is 0 Å². The van der Waals surface area contributed by atoms with E-state index in [0.29, 0.717) is 26.1 Å². The second-order valence-corrected chi connectivity index (χ2v) is 5.71. The molecule has 96 valence electrons. The second-order valence-electron chi connectivity index (χ2n) is 3.91. The summed E-state index contributed by atoms with van der Waals surface area (Å²) < 4.78 is 0.661. The molecule has 0 radical (unpaired) electrons. The molecule has 3 aromatic rings. The zero-order valence-electron chi connectivity index (χ0n) is 9.49. The second kappa shape index (κ2) is 5.22. The highest BCUT2D eigenvalue weighted by molar-refractivity contribution is 14.1. The minimum absolute atomic E-state index is 0.367. The fourth-order valence-corrected chi connectivity index (χ4v) is 2.42. The maximum Gasteiger partial charge on any atom is 0.147 e. The Kier molecular flexibility index (Phi) is 3.60. The highest BCUT2D eigenvalue weighted by atomic mass is 127. The van der Waals surface area contributed by atoms with Gasteiger partial charge in [0.1, 0.15) is 22.0 Å². The molecule has 0 fully saturated rings. The Bertz CT molecular complexity index is 700. The summed E-state index contributed by atoms with van der Waals surface area (Å²) in [6, 6.07) is 7.83. The van der Waals surface area contributed by atoms with E-state index >= 15 is 0 Å². The van der Waals surface area contributed by atoms with Crippen LogP contribution in [-0.4, -0.2) is 19.9 Å². The van der Waals surface area contributed by atoms with Crippen LogP contribution in [0.5, 0.6) is 0 Å². The topological polar surface area (TPSA) is 54.5 Å². The van der Waals surface area contributed by atoms with Crippen molar-refractivity contribution in [1.29, 1.82) is 0 Å². The van der Waals surface area contributed by atoms with E-state index in [1.54, 1.807) is 0 Å². The summed E-state index contributed by atoms with van der Waals surface area (Å²) in [4.78, 5) is 16.1. The van der Waals surface area contributed by atoms with Gasteiger partial charge in [0.15, 0.2) is 0 Å². The number of imidazole rings is 1. The summed E-state index contributed by atoms with van der Waals surface area (Å²) >= 11 is 14.0. The highest BCUT2D eigenvalue weighted by Crippen LogP contribution is 2.23. The predicted octanol–water partition coefficient (Wildman–Crippen LogP) is 3.86. The molecule has 0 atom stereocenters. The van der Waals surface area contributed by atoms with Crippen LogP contribution in [-0.2, 0) is 6.42 Å². The average Bonchev–Trinajstić information content (AvgIpc) is 2.78. The molecule has 0 unspecified atom stereocenters. The lowest BCUT2D eigenvalue weighted by atomic mass is 10.3. The Morgan fingerprint density at radius 3 is 2.42 bits per heavy atom. The summed E-state index contributed by atoms with van der Waals surface area (Å²) in [5, 5.41) is 0.735. The van der Waals surface area contributed by atoms with Gasteiger partial charge in [0.25, 0.3) is 0 Å². The first-order valence-corrected chi connectivity index (χ1v) is 7.28. The van der Waals surface area contributed by atoms with Gasteiger partial charge in [-0.05, 0) is 34.7 Å². The van der Waals surface area contributed by atoms with Gasteiger partial charge in [-0.15, -0.1) is 0 Å². The molecular formula is C12H7Cl2IN4. The molecule has 0 aliphatic heterocycles. The van der Waals surface area contributed by atoms with Gasteiger partial charge >= 0.3 is 0 Å². The predicted molar refractivity (Wildman–Crippen MR) is 83.7 cm³/mol. The van der Waals surface area contributed by atoms with Crippen molar-refractivity contribution in [3.05, 3.63) is 49.8 Å². The van der Waals surface area contributed by atoms with Crippen molar-refractivity contribution in [1.82, 2.24) is 19.9 Å². The average molecular weight is 405 g/mol. The minimum Gasteiger partial charge on any atom is -0.342 e. The number of halogens is 3. The maximum atomic E-state index is 5.99. The van der Waals surface area contributed by atoms with Crippen molar-refractivity contribution < 1.29 is 0 Å². The van der Waals surface area contributed by atoms with Gasteiger partial charge in [0.05, 0.1) is 21.0 Å². The van der Waals surface area contributed by atoms with Gasteiger partial charge in [0.2, 0.25) is 0 Å². The molecule has 0 saturated carbocycles. The third-order valence-electron chi connectivity index (χ3n) is 2.58. The Hall–Kier alpha value is -0.920. The molecule has 3 rings (SSSR count). The molecule has 1 N–H and O–H groups in total. The fourth-order valence-electron chi connectivity index (χ4n) is 1.75. The van der Waals surface area contributed by atoms with Crippen molar-refractivity contribution in [2.75, 3.05) is 0 Å². The number of fused-ring (bicyclic) bond motifs is 1. The summed E-state index contributed by atoms with van der Waals surface area (Å²) in [6.07, 6.45) is 0.463. The highest BCUT2D eigenvalue weighted by Gasteiger charge is 2.11. The first-order valence-electron chi connectivity index (χ1n) is 5.44. The van der Waals surface area contributed by atoms with E-state index in [4.69, 9.17) is 23.2 Å². The van der Waals surface area contributed by atoms with Crippen LogP contribution in [0.3, 0.4) is 0 Å². The van der Waals surface area contributed by atoms with Crippen LogP contribution in [0.2, 0.25) is 10.3 Å². The molecular weight excluding hydrogens is 398 g/mol. The number of nitrogens with zero attached hydrogens (tertiary/aromatic N) is 3. The molecule has 0 aliphatic carbocycles. The molecule has 4 nitrogen and oxygen atoms in total. The van der Waals surface area contributed by atoms with Gasteiger partial charge in [-0.2, -0.15) is 0 Å². The Morgan fingerprint density at radius 1 is 1.05 bits per heavy atom. The molecule has 0 spiro atoms. The van der Waals surface area contributed by atoms with E-state index in [1.165, 1.54) is 0 Å². The number of para-hydroxylation sites is 2. The quantitative estimate of drug-likeness (QED) is 0.521. The van der Waals surface area contributed by atoms with Gasteiger partial charge < -0.3 is 4.98 Å². The molecule has 0 saturated heterocycles. The summed E-state index contributed by atoms with van der Waals surface area (Å²) in [6.45, 7) is 0. The SMILES string of the molecule is Clc1nc(Cc2nc3ccccc3[nH]2)nc(Cl)c1I. The number of aromatic amines is 1.